The Labute approximate surface area is 161 Å². The summed E-state index contributed by atoms with van der Waals surface area (Å²) in [7, 11) is 1.67. The van der Waals surface area contributed by atoms with Gasteiger partial charge >= 0.3 is 0 Å². The van der Waals surface area contributed by atoms with E-state index in [1.165, 1.54) is 10.4 Å². The quantitative estimate of drug-likeness (QED) is 0.553. The molecule has 0 aliphatic carbocycles. The number of benzene rings is 2. The van der Waals surface area contributed by atoms with Crippen LogP contribution in [0.15, 0.2) is 70.5 Å². The minimum absolute atomic E-state index is 0.0421. The predicted molar refractivity (Wildman–Crippen MR) is 109 cm³/mol. The van der Waals surface area contributed by atoms with Crippen molar-refractivity contribution in [1.29, 1.82) is 0 Å². The van der Waals surface area contributed by atoms with Gasteiger partial charge in [-0.25, -0.2) is 0 Å². The van der Waals surface area contributed by atoms with Gasteiger partial charge in [0.15, 0.2) is 0 Å². The molecule has 0 spiro atoms. The van der Waals surface area contributed by atoms with Gasteiger partial charge in [-0.2, -0.15) is 0 Å². The summed E-state index contributed by atoms with van der Waals surface area (Å²) >= 11 is 5.34. The Hall–Kier alpha value is -1.82. The van der Waals surface area contributed by atoms with Gasteiger partial charge in [0.1, 0.15) is 5.75 Å². The lowest BCUT2D eigenvalue weighted by molar-refractivity contribution is 0.415. The lowest BCUT2D eigenvalue weighted by Crippen LogP contribution is -2.35. The number of nitrogens with one attached hydrogen (secondary N) is 1. The normalized spacial score (nSPS) is 13.2. The third-order valence-corrected chi connectivity index (χ3v) is 5.83. The summed E-state index contributed by atoms with van der Waals surface area (Å²) in [4.78, 5) is 1.23. The fourth-order valence-corrected chi connectivity index (χ4v) is 4.06. The number of thiophene rings is 1. The molecule has 1 heterocycles. The highest BCUT2D eigenvalue weighted by Crippen LogP contribution is 2.29. The van der Waals surface area contributed by atoms with Crippen molar-refractivity contribution in [3.05, 3.63) is 81.0 Å². The van der Waals surface area contributed by atoms with Crippen LogP contribution < -0.4 is 15.8 Å². The highest BCUT2D eigenvalue weighted by molar-refractivity contribution is 9.10. The Morgan fingerprint density at radius 3 is 2.48 bits per heavy atom. The molecular weight excluding hydrogens is 396 g/mol. The van der Waals surface area contributed by atoms with Crippen LogP contribution in [0.25, 0.3) is 0 Å². The van der Waals surface area contributed by atoms with E-state index < -0.39 is 0 Å². The number of nitrogens with two attached hydrogens (primary N) is 1. The van der Waals surface area contributed by atoms with Gasteiger partial charge in [-0.1, -0.05) is 40.2 Å². The molecule has 5 heteroatoms. The third-order valence-electron chi connectivity index (χ3n) is 4.10. The summed E-state index contributed by atoms with van der Waals surface area (Å²) in [5, 5.41) is 5.67. The second-order valence-electron chi connectivity index (χ2n) is 5.83. The van der Waals surface area contributed by atoms with E-state index in [0.29, 0.717) is 0 Å². The Balaban J connectivity index is 1.80. The molecule has 3 nitrogen and oxygen atoms in total. The van der Waals surface area contributed by atoms with Crippen molar-refractivity contribution < 1.29 is 4.74 Å². The van der Waals surface area contributed by atoms with Gasteiger partial charge in [0.25, 0.3) is 0 Å². The molecular formula is C20H21BrN2OS. The van der Waals surface area contributed by atoms with Gasteiger partial charge in [-0.3, -0.25) is 0 Å². The second kappa shape index (κ2) is 8.52. The number of rotatable bonds is 7. The minimum atomic E-state index is -0.0561. The smallest absolute Gasteiger partial charge is 0.119 e. The average Bonchev–Trinajstić information content (AvgIpc) is 3.16. The van der Waals surface area contributed by atoms with Gasteiger partial charge in [0, 0.05) is 21.1 Å². The van der Waals surface area contributed by atoms with Crippen LogP contribution in [0.2, 0.25) is 0 Å². The van der Waals surface area contributed by atoms with Crippen LogP contribution in [-0.2, 0) is 6.42 Å². The molecule has 0 radical (unpaired) electrons. The number of methoxy groups -OCH3 is 1. The lowest BCUT2D eigenvalue weighted by atomic mass is 9.98. The van der Waals surface area contributed by atoms with E-state index in [0.717, 1.165) is 22.3 Å². The molecule has 0 saturated carbocycles. The summed E-state index contributed by atoms with van der Waals surface area (Å²) in [5.41, 5.74) is 8.86. The van der Waals surface area contributed by atoms with Crippen molar-refractivity contribution in [3.8, 4) is 5.75 Å². The monoisotopic (exact) mass is 416 g/mol. The number of halogens is 1. The molecule has 0 amide bonds. The highest BCUT2D eigenvalue weighted by Gasteiger charge is 2.22. The average molecular weight is 417 g/mol. The topological polar surface area (TPSA) is 47.3 Å². The van der Waals surface area contributed by atoms with Crippen LogP contribution in [0.1, 0.15) is 16.5 Å². The molecule has 2 atom stereocenters. The molecule has 2 aromatic carbocycles. The Bertz CT molecular complexity index is 790. The van der Waals surface area contributed by atoms with E-state index in [-0.39, 0.29) is 12.1 Å². The zero-order valence-electron chi connectivity index (χ0n) is 14.0. The number of anilines is 1. The number of ether oxygens (including phenoxy) is 1. The van der Waals surface area contributed by atoms with Crippen molar-refractivity contribution in [2.24, 2.45) is 5.73 Å². The molecule has 130 valence electrons. The Morgan fingerprint density at radius 2 is 1.84 bits per heavy atom. The summed E-state index contributed by atoms with van der Waals surface area (Å²) in [5.74, 6) is 0.843. The maximum absolute atomic E-state index is 6.61. The summed E-state index contributed by atoms with van der Waals surface area (Å²) in [6, 6.07) is 20.4. The van der Waals surface area contributed by atoms with E-state index >= 15 is 0 Å². The number of hydrogen-bond donors (Lipinski definition) is 2. The molecule has 0 bridgehead atoms. The molecule has 0 aliphatic heterocycles. The summed E-state index contributed by atoms with van der Waals surface area (Å²) in [6.45, 7) is 0. The van der Waals surface area contributed by atoms with Crippen molar-refractivity contribution in [2.75, 3.05) is 12.4 Å². The van der Waals surface area contributed by atoms with Crippen molar-refractivity contribution in [3.63, 3.8) is 0 Å². The molecule has 0 saturated heterocycles. The van der Waals surface area contributed by atoms with Crippen molar-refractivity contribution >= 4 is 33.0 Å². The van der Waals surface area contributed by atoms with Crippen LogP contribution in [-0.4, -0.2) is 13.2 Å². The molecule has 0 unspecified atom stereocenters. The standard InChI is InChI=1S/C20H21BrN2OS/c1-24-16-10-8-15(9-11-16)23-20(19-7-4-12-25-19)18(22)13-14-5-2-3-6-17(14)21/h2-12,18,20,23H,13,22H2,1H3/t18-,20-/m0/s1. The largest absolute Gasteiger partial charge is 0.497 e. The van der Waals surface area contributed by atoms with Gasteiger partial charge in [-0.05, 0) is 53.8 Å². The van der Waals surface area contributed by atoms with Gasteiger partial charge in [0.2, 0.25) is 0 Å². The van der Waals surface area contributed by atoms with Crippen molar-refractivity contribution in [1.82, 2.24) is 0 Å². The fourth-order valence-electron chi connectivity index (χ4n) is 2.76. The number of hydrogen-bond acceptors (Lipinski definition) is 4. The van der Waals surface area contributed by atoms with Gasteiger partial charge in [-0.15, -0.1) is 11.3 Å². The lowest BCUT2D eigenvalue weighted by Gasteiger charge is -2.26. The predicted octanol–water partition coefficient (Wildman–Crippen LogP) is 5.24. The molecule has 0 aliphatic rings. The van der Waals surface area contributed by atoms with Crippen molar-refractivity contribution in [2.45, 2.75) is 18.5 Å². The molecule has 1 aromatic heterocycles. The fraction of sp³-hybridized carbons (Fsp3) is 0.200. The molecule has 25 heavy (non-hydrogen) atoms. The molecule has 3 aromatic rings. The zero-order chi connectivity index (χ0) is 17.6. The Morgan fingerprint density at radius 1 is 1.08 bits per heavy atom. The highest BCUT2D eigenvalue weighted by atomic mass is 79.9. The maximum atomic E-state index is 6.61. The molecule has 3 N–H and O–H groups in total. The van der Waals surface area contributed by atoms with Crippen LogP contribution in [0.3, 0.4) is 0 Å². The van der Waals surface area contributed by atoms with E-state index in [9.17, 15) is 0 Å². The first-order valence-corrected chi connectivity index (χ1v) is 9.77. The van der Waals surface area contributed by atoms with Crippen LogP contribution in [0, 0.1) is 0 Å². The van der Waals surface area contributed by atoms with E-state index in [4.69, 9.17) is 10.5 Å². The maximum Gasteiger partial charge on any atom is 0.119 e. The zero-order valence-corrected chi connectivity index (χ0v) is 16.4. The van der Waals surface area contributed by atoms with Gasteiger partial charge in [0.05, 0.1) is 13.2 Å². The first-order chi connectivity index (χ1) is 12.2. The van der Waals surface area contributed by atoms with Crippen LogP contribution in [0.5, 0.6) is 5.75 Å². The second-order valence-corrected chi connectivity index (χ2v) is 7.66. The third kappa shape index (κ3) is 4.63. The SMILES string of the molecule is COc1ccc(N[C@H](c2cccs2)[C@@H](N)Cc2ccccc2Br)cc1. The summed E-state index contributed by atoms with van der Waals surface area (Å²) < 4.78 is 6.33. The first-order valence-electron chi connectivity index (χ1n) is 8.10. The van der Waals surface area contributed by atoms with E-state index in [1.807, 2.05) is 36.4 Å². The Kier molecular flexibility index (Phi) is 6.13. The van der Waals surface area contributed by atoms with Crippen LogP contribution in [0.4, 0.5) is 5.69 Å². The first kappa shape index (κ1) is 18.0. The van der Waals surface area contributed by atoms with Crippen LogP contribution >= 0.6 is 27.3 Å². The van der Waals surface area contributed by atoms with E-state index in [2.05, 4.69) is 50.9 Å². The van der Waals surface area contributed by atoms with E-state index in [1.54, 1.807) is 18.4 Å². The van der Waals surface area contributed by atoms with Gasteiger partial charge < -0.3 is 15.8 Å². The molecule has 0 fully saturated rings. The molecule has 3 rings (SSSR count). The summed E-state index contributed by atoms with van der Waals surface area (Å²) in [6.07, 6.45) is 0.785. The minimum Gasteiger partial charge on any atom is -0.497 e.